The van der Waals surface area contributed by atoms with Crippen LogP contribution in [0.25, 0.3) is 11.3 Å². The third-order valence-corrected chi connectivity index (χ3v) is 7.09. The highest BCUT2D eigenvalue weighted by Crippen LogP contribution is 2.41. The van der Waals surface area contributed by atoms with Crippen LogP contribution in [0.15, 0.2) is 30.6 Å². The topological polar surface area (TPSA) is 72.4 Å². The highest BCUT2D eigenvalue weighted by molar-refractivity contribution is 7.89. The van der Waals surface area contributed by atoms with E-state index in [1.807, 2.05) is 12.1 Å². The first-order valence-corrected chi connectivity index (χ1v) is 12.7. The first kappa shape index (κ1) is 21.2. The molecule has 0 aliphatic carbocycles. The molecule has 2 aliphatic heterocycles. The lowest BCUT2D eigenvalue weighted by molar-refractivity contribution is -0.0355. The Labute approximate surface area is 179 Å². The molecule has 2 aliphatic rings. The van der Waals surface area contributed by atoms with Gasteiger partial charge in [-0.2, -0.15) is 0 Å². The van der Waals surface area contributed by atoms with Crippen molar-refractivity contribution in [1.82, 2.24) is 14.9 Å². The number of ether oxygens (including phenoxy) is 1. The first-order chi connectivity index (χ1) is 14.0. The molecule has 1 fully saturated rings. The number of hydrogen-bond donors (Lipinski definition) is 0. The van der Waals surface area contributed by atoms with Crippen LogP contribution in [0.4, 0.5) is 0 Å². The number of nitrogens with zero attached hydrogens (tertiary/aromatic N) is 3. The molecule has 7 heteroatoms. The van der Waals surface area contributed by atoms with Crippen LogP contribution in [0.1, 0.15) is 51.3 Å². The van der Waals surface area contributed by atoms with E-state index in [4.69, 9.17) is 4.74 Å². The van der Waals surface area contributed by atoms with E-state index >= 15 is 0 Å². The van der Waals surface area contributed by atoms with E-state index in [0.717, 1.165) is 55.8 Å². The van der Waals surface area contributed by atoms with Crippen molar-refractivity contribution in [2.45, 2.75) is 63.3 Å². The molecule has 0 unspecified atom stereocenters. The van der Waals surface area contributed by atoms with E-state index in [2.05, 4.69) is 41.7 Å². The molecule has 6 nitrogen and oxygen atoms in total. The largest absolute Gasteiger partial charge is 0.487 e. The number of likely N-dealkylation sites (tertiary alicyclic amines) is 1. The predicted molar refractivity (Wildman–Crippen MR) is 118 cm³/mol. The second-order valence-corrected chi connectivity index (χ2v) is 11.9. The number of benzene rings is 1. The van der Waals surface area contributed by atoms with Gasteiger partial charge in [0, 0.05) is 30.4 Å². The Morgan fingerprint density at radius 2 is 1.83 bits per heavy atom. The molecule has 162 valence electrons. The van der Waals surface area contributed by atoms with Crippen LogP contribution in [0.2, 0.25) is 0 Å². The normalized spacial score (nSPS) is 19.3. The molecule has 1 aromatic heterocycles. The quantitative estimate of drug-likeness (QED) is 0.742. The van der Waals surface area contributed by atoms with Crippen LogP contribution in [-0.4, -0.2) is 53.8 Å². The standard InChI is InChI=1S/C23H31N3O3S/c1-22(2,3)26-11-9-23(10-12-26)8-7-18-13-17(5-6-21(18)29-23)20-15-24-19(14-25-20)16-30(4,27)28/h5-6,13-15H,7-12,16H2,1-4H3. The van der Waals surface area contributed by atoms with E-state index in [0.29, 0.717) is 5.69 Å². The number of aryl methyl sites for hydroxylation is 1. The molecule has 1 spiro atoms. The maximum absolute atomic E-state index is 11.4. The van der Waals surface area contributed by atoms with Crippen molar-refractivity contribution in [1.29, 1.82) is 0 Å². The van der Waals surface area contributed by atoms with Crippen molar-refractivity contribution in [3.05, 3.63) is 41.9 Å². The molecule has 30 heavy (non-hydrogen) atoms. The van der Waals surface area contributed by atoms with Gasteiger partial charge in [-0.3, -0.25) is 14.9 Å². The summed E-state index contributed by atoms with van der Waals surface area (Å²) in [6.07, 6.45) is 8.57. The van der Waals surface area contributed by atoms with Gasteiger partial charge < -0.3 is 4.74 Å². The highest BCUT2D eigenvalue weighted by Gasteiger charge is 2.41. The molecule has 0 radical (unpaired) electrons. The Morgan fingerprint density at radius 3 is 2.43 bits per heavy atom. The Hall–Kier alpha value is -1.99. The van der Waals surface area contributed by atoms with Gasteiger partial charge in [-0.25, -0.2) is 8.42 Å². The molecule has 0 atom stereocenters. The summed E-state index contributed by atoms with van der Waals surface area (Å²) in [5.41, 5.74) is 3.57. The zero-order chi connectivity index (χ0) is 21.6. The Bertz CT molecular complexity index is 1020. The lowest BCUT2D eigenvalue weighted by Crippen LogP contribution is -2.54. The lowest BCUT2D eigenvalue weighted by Gasteiger charge is -2.48. The molecule has 3 heterocycles. The van der Waals surface area contributed by atoms with Gasteiger partial charge >= 0.3 is 0 Å². The van der Waals surface area contributed by atoms with Gasteiger partial charge in [-0.1, -0.05) is 0 Å². The number of rotatable bonds is 3. The van der Waals surface area contributed by atoms with Crippen LogP contribution in [0, 0.1) is 0 Å². The fraction of sp³-hybridized carbons (Fsp3) is 0.565. The van der Waals surface area contributed by atoms with Crippen LogP contribution in [0.5, 0.6) is 5.75 Å². The van der Waals surface area contributed by atoms with Crippen LogP contribution in [-0.2, 0) is 22.0 Å². The van der Waals surface area contributed by atoms with E-state index in [1.54, 1.807) is 12.4 Å². The minimum absolute atomic E-state index is 0.0383. The highest BCUT2D eigenvalue weighted by atomic mass is 32.2. The average molecular weight is 430 g/mol. The van der Waals surface area contributed by atoms with E-state index in [-0.39, 0.29) is 16.9 Å². The molecule has 0 saturated carbocycles. The van der Waals surface area contributed by atoms with Gasteiger partial charge in [-0.15, -0.1) is 0 Å². The maximum atomic E-state index is 11.4. The molecule has 4 rings (SSSR count). The molecular formula is C23H31N3O3S. The first-order valence-electron chi connectivity index (χ1n) is 10.6. The number of aromatic nitrogens is 2. The Kier molecular flexibility index (Phi) is 5.39. The van der Waals surface area contributed by atoms with Gasteiger partial charge in [0.15, 0.2) is 9.84 Å². The number of hydrogen-bond acceptors (Lipinski definition) is 6. The molecule has 1 saturated heterocycles. The SMILES string of the molecule is CC(C)(C)N1CCC2(CCc3cc(-c4cnc(CS(C)(=O)=O)cn4)ccc3O2)CC1. The number of sulfone groups is 1. The van der Waals surface area contributed by atoms with Gasteiger partial charge in [-0.05, 0) is 70.2 Å². The maximum Gasteiger partial charge on any atom is 0.153 e. The number of fused-ring (bicyclic) bond motifs is 1. The zero-order valence-electron chi connectivity index (χ0n) is 18.3. The van der Waals surface area contributed by atoms with Crippen LogP contribution < -0.4 is 4.74 Å². The lowest BCUT2D eigenvalue weighted by atomic mass is 9.81. The fourth-order valence-corrected chi connectivity index (χ4v) is 5.15. The summed E-state index contributed by atoms with van der Waals surface area (Å²) >= 11 is 0. The van der Waals surface area contributed by atoms with Gasteiger partial charge in [0.1, 0.15) is 11.4 Å². The Balaban J connectivity index is 1.47. The van der Waals surface area contributed by atoms with Gasteiger partial charge in [0.2, 0.25) is 0 Å². The van der Waals surface area contributed by atoms with Crippen LogP contribution >= 0.6 is 0 Å². The summed E-state index contributed by atoms with van der Waals surface area (Å²) in [7, 11) is -3.11. The van der Waals surface area contributed by atoms with Crippen molar-refractivity contribution in [3.63, 3.8) is 0 Å². The third kappa shape index (κ3) is 4.67. The molecule has 2 aromatic rings. The molecule has 0 amide bonds. The van der Waals surface area contributed by atoms with Crippen molar-refractivity contribution in [2.24, 2.45) is 0 Å². The fourth-order valence-electron chi connectivity index (χ4n) is 4.46. The summed E-state index contributed by atoms with van der Waals surface area (Å²) in [5.74, 6) is 0.892. The zero-order valence-corrected chi connectivity index (χ0v) is 19.1. The third-order valence-electron chi connectivity index (χ3n) is 6.27. The predicted octanol–water partition coefficient (Wildman–Crippen LogP) is 3.65. The minimum Gasteiger partial charge on any atom is -0.487 e. The monoisotopic (exact) mass is 429 g/mol. The minimum atomic E-state index is -3.11. The molecule has 1 aromatic carbocycles. The van der Waals surface area contributed by atoms with Crippen molar-refractivity contribution < 1.29 is 13.2 Å². The summed E-state index contributed by atoms with van der Waals surface area (Å²) in [6, 6.07) is 6.20. The second-order valence-electron chi connectivity index (χ2n) is 9.73. The summed E-state index contributed by atoms with van der Waals surface area (Å²) in [5, 5.41) is 0. The van der Waals surface area contributed by atoms with Gasteiger partial charge in [0.05, 0.1) is 29.5 Å². The van der Waals surface area contributed by atoms with Crippen LogP contribution in [0.3, 0.4) is 0 Å². The number of piperidine rings is 1. The summed E-state index contributed by atoms with van der Waals surface area (Å²) in [4.78, 5) is 11.2. The molecule has 0 N–H and O–H groups in total. The summed E-state index contributed by atoms with van der Waals surface area (Å²) in [6.45, 7) is 8.99. The molecule has 0 bridgehead atoms. The molecular weight excluding hydrogens is 398 g/mol. The van der Waals surface area contributed by atoms with E-state index in [9.17, 15) is 8.42 Å². The average Bonchev–Trinajstić information content (AvgIpc) is 2.67. The van der Waals surface area contributed by atoms with Crippen molar-refractivity contribution >= 4 is 9.84 Å². The van der Waals surface area contributed by atoms with E-state index in [1.165, 1.54) is 11.8 Å². The van der Waals surface area contributed by atoms with Crippen molar-refractivity contribution in [3.8, 4) is 17.0 Å². The summed E-state index contributed by atoms with van der Waals surface area (Å²) < 4.78 is 29.4. The van der Waals surface area contributed by atoms with E-state index < -0.39 is 9.84 Å². The Morgan fingerprint density at radius 1 is 1.10 bits per heavy atom. The van der Waals surface area contributed by atoms with Gasteiger partial charge in [0.25, 0.3) is 0 Å². The van der Waals surface area contributed by atoms with Crippen molar-refractivity contribution in [2.75, 3.05) is 19.3 Å². The smallest absolute Gasteiger partial charge is 0.153 e. The second kappa shape index (κ2) is 7.61.